The van der Waals surface area contributed by atoms with Crippen LogP contribution in [0, 0.1) is 0 Å². The summed E-state index contributed by atoms with van der Waals surface area (Å²) in [4.78, 5) is -3.47. The average molecular weight is 1060 g/mol. The minimum atomic E-state index is -5.25. The number of azo groups is 3. The van der Waals surface area contributed by atoms with Gasteiger partial charge < -0.3 is 28.6 Å². The van der Waals surface area contributed by atoms with Crippen LogP contribution in [0.2, 0.25) is 0 Å². The van der Waals surface area contributed by atoms with E-state index >= 15 is 0 Å². The summed E-state index contributed by atoms with van der Waals surface area (Å²) in [5, 5.41) is 40.6. The Labute approximate surface area is 488 Å². The number of hydrogen-bond acceptors (Lipinski definition) is 20. The fourth-order valence-electron chi connectivity index (χ4n) is 6.74. The van der Waals surface area contributed by atoms with E-state index in [9.17, 15) is 57.0 Å². The van der Waals surface area contributed by atoms with Crippen LogP contribution in [0.3, 0.4) is 0 Å². The SMILES string of the molecule is O=S(=O)([O-])c1ccc(S(=O)(=O)[O-])c(N=Nc2ccc(N=Nc3ccc(N=Nc4c(O)c(S(=O)(=O)[O-])cc5cc(Nc6ccccc6)ccc45)c4ccccc34)c3cc(S(=O)(=O)[O-])ccc23)c1.[Na+].[Na+].[Na+].[Na+]. The van der Waals surface area contributed by atoms with Gasteiger partial charge in [-0.25, -0.2) is 33.7 Å². The van der Waals surface area contributed by atoms with Gasteiger partial charge >= 0.3 is 118 Å². The fourth-order valence-corrected chi connectivity index (χ4v) is 8.92. The number of nitrogens with zero attached hydrogens (tertiary/aromatic N) is 6. The number of rotatable bonds is 12. The van der Waals surface area contributed by atoms with Crippen LogP contribution in [0.5, 0.6) is 5.75 Å². The number of phenols is 1. The van der Waals surface area contributed by atoms with Crippen molar-refractivity contribution in [3.8, 4) is 5.75 Å². The molecule has 0 aliphatic heterocycles. The summed E-state index contributed by atoms with van der Waals surface area (Å²) in [6, 6.07) is 32.1. The van der Waals surface area contributed by atoms with Crippen molar-refractivity contribution in [1.29, 1.82) is 0 Å². The molecule has 0 aliphatic carbocycles. The fraction of sp³-hybridized carbons (Fsp3) is 0. The summed E-state index contributed by atoms with van der Waals surface area (Å²) in [7, 11) is -20.6. The molecule has 0 saturated carbocycles. The molecule has 2 N–H and O–H groups in total. The van der Waals surface area contributed by atoms with Gasteiger partial charge in [0.2, 0.25) is 0 Å². The molecule has 28 heteroatoms. The maximum absolute atomic E-state index is 12.3. The first kappa shape index (κ1) is 59.1. The summed E-state index contributed by atoms with van der Waals surface area (Å²) in [5.74, 6) is -0.906. The Morgan fingerprint density at radius 3 is 1.34 bits per heavy atom. The minimum Gasteiger partial charge on any atom is -0.744 e. The van der Waals surface area contributed by atoms with E-state index in [-0.39, 0.29) is 168 Å². The van der Waals surface area contributed by atoms with E-state index in [1.165, 1.54) is 30.3 Å². The molecule has 0 fully saturated rings. The van der Waals surface area contributed by atoms with Crippen molar-refractivity contribution in [3.05, 3.63) is 140 Å². The van der Waals surface area contributed by atoms with Gasteiger partial charge in [0.05, 0.1) is 42.3 Å². The van der Waals surface area contributed by atoms with Crippen LogP contribution in [-0.2, 0) is 40.5 Å². The molecule has 8 aromatic rings. The molecule has 0 unspecified atom stereocenters. The van der Waals surface area contributed by atoms with Crippen LogP contribution in [0.25, 0.3) is 32.3 Å². The second kappa shape index (κ2) is 23.6. The van der Waals surface area contributed by atoms with Crippen LogP contribution in [0.4, 0.5) is 45.5 Å². The molecule has 0 aliphatic rings. The third kappa shape index (κ3) is 13.4. The summed E-state index contributed by atoms with van der Waals surface area (Å²) in [5.41, 5.74) is 0.536. The van der Waals surface area contributed by atoms with E-state index < -0.39 is 71.5 Å². The number of phenolic OH excluding ortho intramolecular Hbond substituents is 1. The standard InChI is InChI=1S/C42H29N7O13S4.4Na/c50-42-40(66(60,61)62)21-24-20-26(43-25-6-2-1-3-7-25)10-13-29(24)41(42)49-47-35-16-15-34(30-8-4-5-9-31(30)35)44-46-37-18-17-36(32-14-11-27(22-33(32)37)63(51,52)53)45-48-38-23-28(64(54,55)56)12-19-39(38)65(57,58)59;;;;/h1-23,43,50H,(H,51,52,53)(H,54,55,56)(H,57,58,59)(H,60,61,62);;;;/q;4*+1/p-4. The molecule has 70 heavy (non-hydrogen) atoms. The second-order valence-corrected chi connectivity index (χ2v) is 19.5. The molecule has 0 aromatic heterocycles. The van der Waals surface area contributed by atoms with Gasteiger partial charge in [-0.1, -0.05) is 48.5 Å². The Bertz CT molecular complexity index is 3890. The Morgan fingerprint density at radius 2 is 0.814 bits per heavy atom. The number of hydrogen-bond donors (Lipinski definition) is 2. The number of para-hydroxylation sites is 1. The molecule has 0 heterocycles. The topological polar surface area (TPSA) is 335 Å². The van der Waals surface area contributed by atoms with Gasteiger partial charge in [0.15, 0.2) is 5.75 Å². The molecule has 0 saturated heterocycles. The molecular weight excluding hydrogens is 1030 g/mol. The van der Waals surface area contributed by atoms with E-state index in [1.54, 1.807) is 42.5 Å². The zero-order chi connectivity index (χ0) is 47.2. The Morgan fingerprint density at radius 1 is 0.371 bits per heavy atom. The number of fused-ring (bicyclic) bond motifs is 3. The van der Waals surface area contributed by atoms with Gasteiger partial charge in [0.25, 0.3) is 0 Å². The monoisotopic (exact) mass is 1050 g/mol. The molecule has 0 spiro atoms. The van der Waals surface area contributed by atoms with Crippen molar-refractivity contribution in [2.45, 2.75) is 19.6 Å². The number of nitrogens with one attached hydrogen (secondary N) is 1. The van der Waals surface area contributed by atoms with Crippen molar-refractivity contribution < 1.29 is 175 Å². The molecule has 0 amide bonds. The number of anilines is 2. The maximum atomic E-state index is 12.3. The van der Waals surface area contributed by atoms with E-state index in [1.807, 2.05) is 30.3 Å². The van der Waals surface area contributed by atoms with Crippen LogP contribution in [0.15, 0.2) is 190 Å². The number of benzene rings is 8. The smallest absolute Gasteiger partial charge is 0.744 e. The zero-order valence-electron chi connectivity index (χ0n) is 36.9. The third-order valence-corrected chi connectivity index (χ3v) is 13.2. The Kier molecular flexibility index (Phi) is 20.0. The first-order valence-electron chi connectivity index (χ1n) is 18.6. The maximum Gasteiger partial charge on any atom is 1.00 e. The first-order valence-corrected chi connectivity index (χ1v) is 24.2. The summed E-state index contributed by atoms with van der Waals surface area (Å²) >= 11 is 0. The molecule has 8 aromatic carbocycles. The predicted octanol–water partition coefficient (Wildman–Crippen LogP) is -2.53. The molecule has 0 bridgehead atoms. The number of aromatic hydroxyl groups is 1. The van der Waals surface area contributed by atoms with Crippen molar-refractivity contribution in [1.82, 2.24) is 0 Å². The van der Waals surface area contributed by atoms with Gasteiger partial charge in [0.1, 0.15) is 51.8 Å². The molecule has 20 nitrogen and oxygen atoms in total. The summed E-state index contributed by atoms with van der Waals surface area (Å²) < 4.78 is 144. The van der Waals surface area contributed by atoms with Crippen LogP contribution >= 0.6 is 0 Å². The van der Waals surface area contributed by atoms with Gasteiger partial charge in [-0.2, -0.15) is 0 Å². The van der Waals surface area contributed by atoms with Crippen molar-refractivity contribution in [2.75, 3.05) is 5.32 Å². The van der Waals surface area contributed by atoms with E-state index in [4.69, 9.17) is 0 Å². The van der Waals surface area contributed by atoms with Crippen molar-refractivity contribution in [2.24, 2.45) is 30.7 Å². The molecule has 334 valence electrons. The van der Waals surface area contributed by atoms with Crippen LogP contribution < -0.4 is 124 Å². The quantitative estimate of drug-likeness (QED) is 0.0725. The largest absolute Gasteiger partial charge is 1.00 e. The third-order valence-electron chi connectivity index (χ3n) is 9.77. The summed E-state index contributed by atoms with van der Waals surface area (Å²) in [6.07, 6.45) is 0. The summed E-state index contributed by atoms with van der Waals surface area (Å²) in [6.45, 7) is 0. The molecule has 0 radical (unpaired) electrons. The van der Waals surface area contributed by atoms with E-state index in [0.29, 0.717) is 34.7 Å². The van der Waals surface area contributed by atoms with E-state index in [2.05, 4.69) is 36.0 Å². The van der Waals surface area contributed by atoms with E-state index in [0.717, 1.165) is 23.9 Å². The molecule has 0 atom stereocenters. The second-order valence-electron chi connectivity index (χ2n) is 14.0. The van der Waals surface area contributed by atoms with Crippen molar-refractivity contribution in [3.63, 3.8) is 0 Å². The molecular formula is C42H25N7Na4O13S4. The van der Waals surface area contributed by atoms with Gasteiger partial charge in [0, 0.05) is 38.3 Å². The predicted molar refractivity (Wildman–Crippen MR) is 234 cm³/mol. The van der Waals surface area contributed by atoms with Crippen molar-refractivity contribution >= 4 is 118 Å². The van der Waals surface area contributed by atoms with Crippen LogP contribution in [-0.4, -0.2) is 57.0 Å². The van der Waals surface area contributed by atoms with Gasteiger partial charge in [-0.3, -0.25) is 0 Å². The Hall–Kier alpha value is -3.42. The first-order chi connectivity index (χ1) is 31.1. The minimum absolute atomic E-state index is 0. The zero-order valence-corrected chi connectivity index (χ0v) is 48.2. The van der Waals surface area contributed by atoms with Gasteiger partial charge in [-0.05, 0) is 96.4 Å². The normalized spacial score (nSPS) is 12.2. The Balaban J connectivity index is 0.00000266. The van der Waals surface area contributed by atoms with Crippen LogP contribution in [0.1, 0.15) is 0 Å². The molecule has 8 rings (SSSR count). The van der Waals surface area contributed by atoms with Gasteiger partial charge in [-0.15, -0.1) is 30.7 Å². The average Bonchev–Trinajstić information content (AvgIpc) is 3.26.